The molecule has 3 heterocycles. The molecule has 4 aromatic rings. The second-order valence-corrected chi connectivity index (χ2v) is 11.8. The van der Waals surface area contributed by atoms with Crippen LogP contribution in [-0.2, 0) is 30.0 Å². The van der Waals surface area contributed by atoms with E-state index in [0.717, 1.165) is 5.56 Å². The van der Waals surface area contributed by atoms with Crippen molar-refractivity contribution in [2.75, 3.05) is 12.3 Å². The van der Waals surface area contributed by atoms with Crippen LogP contribution in [0, 0.1) is 0 Å². The van der Waals surface area contributed by atoms with Gasteiger partial charge in [-0.3, -0.25) is 23.7 Å². The molecule has 5 rings (SSSR count). The number of nitrogens with one attached hydrogen (secondary N) is 2. The number of aromatic amines is 1. The van der Waals surface area contributed by atoms with E-state index in [1.54, 1.807) is 42.5 Å². The number of nitrogen functional groups attached to an aromatic ring is 1. The van der Waals surface area contributed by atoms with Gasteiger partial charge in [0.1, 0.15) is 36.2 Å². The number of benzene rings is 2. The summed E-state index contributed by atoms with van der Waals surface area (Å²) >= 11 is 0. The number of anilines is 1. The molecule has 2 aromatic heterocycles. The maximum Gasteiger partial charge on any atom is 0.459 e. The van der Waals surface area contributed by atoms with Crippen molar-refractivity contribution in [2.24, 2.45) is 0 Å². The van der Waals surface area contributed by atoms with E-state index in [0.29, 0.717) is 0 Å². The van der Waals surface area contributed by atoms with Crippen molar-refractivity contribution in [1.29, 1.82) is 0 Å². The molecule has 1 saturated heterocycles. The van der Waals surface area contributed by atoms with Gasteiger partial charge in [0.05, 0.1) is 12.9 Å². The number of imidazole rings is 1. The summed E-state index contributed by atoms with van der Waals surface area (Å²) < 4.78 is 37.7. The summed E-state index contributed by atoms with van der Waals surface area (Å²) in [5.41, 5.74) is 3.87. The molecule has 0 saturated carbocycles. The van der Waals surface area contributed by atoms with Gasteiger partial charge in [0, 0.05) is 0 Å². The molecule has 1 fully saturated rings. The first-order valence-corrected chi connectivity index (χ1v) is 14.8. The molecule has 0 amide bonds. The number of H-pyrrole nitrogens is 1. The van der Waals surface area contributed by atoms with Crippen LogP contribution in [0.1, 0.15) is 25.6 Å². The Morgan fingerprint density at radius 3 is 2.60 bits per heavy atom. The molecule has 6 N–H and O–H groups in total. The quantitative estimate of drug-likeness (QED) is 0.120. The van der Waals surface area contributed by atoms with Gasteiger partial charge < -0.3 is 29.9 Å². The molecular formula is C27H31N6O9P. The van der Waals surface area contributed by atoms with Crippen LogP contribution in [0.15, 0.2) is 71.8 Å². The van der Waals surface area contributed by atoms with Crippen LogP contribution in [0.4, 0.5) is 5.95 Å². The third-order valence-electron chi connectivity index (χ3n) is 6.76. The maximum atomic E-state index is 13.9. The molecule has 3 unspecified atom stereocenters. The largest absolute Gasteiger partial charge is 0.460 e. The summed E-state index contributed by atoms with van der Waals surface area (Å²) in [6, 6.07) is 16.0. The maximum absolute atomic E-state index is 13.9. The number of aliphatic hydroxyl groups is 2. The Morgan fingerprint density at radius 2 is 1.91 bits per heavy atom. The van der Waals surface area contributed by atoms with Gasteiger partial charge in [-0.2, -0.15) is 10.1 Å². The predicted molar refractivity (Wildman–Crippen MR) is 153 cm³/mol. The molecule has 43 heavy (non-hydrogen) atoms. The number of nitrogens with two attached hydrogens (primary N) is 1. The van der Waals surface area contributed by atoms with Crippen molar-refractivity contribution in [2.45, 2.75) is 50.5 Å². The highest BCUT2D eigenvalue weighted by atomic mass is 31.2. The van der Waals surface area contributed by atoms with Crippen molar-refractivity contribution < 1.29 is 38.1 Å². The number of carbonyl (C=O) groups is 1. The van der Waals surface area contributed by atoms with Gasteiger partial charge in [-0.1, -0.05) is 48.5 Å². The molecule has 0 aliphatic carbocycles. The zero-order valence-electron chi connectivity index (χ0n) is 23.2. The third-order valence-corrected chi connectivity index (χ3v) is 8.41. The number of fused-ring (bicyclic) bond motifs is 1. The van der Waals surface area contributed by atoms with Crippen LogP contribution >= 0.6 is 7.75 Å². The number of nitrogens with zero attached hydrogens (tertiary/aromatic N) is 3. The summed E-state index contributed by atoms with van der Waals surface area (Å²) in [5, 5.41) is 24.7. The summed E-state index contributed by atoms with van der Waals surface area (Å²) in [6.07, 6.45) is -2.88. The molecule has 6 atom stereocenters. The first kappa shape index (κ1) is 30.4. The fraction of sp³-hybridized carbons (Fsp3) is 0.333. The van der Waals surface area contributed by atoms with E-state index < -0.39 is 56.0 Å². The van der Waals surface area contributed by atoms with Crippen LogP contribution < -0.4 is 20.9 Å². The average Bonchev–Trinajstić information content (AvgIpc) is 3.49. The number of esters is 1. The minimum atomic E-state index is -4.32. The predicted octanol–water partition coefficient (Wildman–Crippen LogP) is 1.64. The van der Waals surface area contributed by atoms with Gasteiger partial charge in [0.2, 0.25) is 5.95 Å². The zero-order valence-corrected chi connectivity index (χ0v) is 24.1. The summed E-state index contributed by atoms with van der Waals surface area (Å²) in [6.45, 7) is 2.21. The van der Waals surface area contributed by atoms with Gasteiger partial charge in [-0.15, -0.1) is 0 Å². The van der Waals surface area contributed by atoms with Crippen molar-refractivity contribution >= 4 is 30.8 Å². The zero-order chi connectivity index (χ0) is 30.8. The molecule has 15 nitrogen and oxygen atoms in total. The monoisotopic (exact) mass is 614 g/mol. The van der Waals surface area contributed by atoms with Crippen molar-refractivity contribution in [3.8, 4) is 5.75 Å². The second kappa shape index (κ2) is 12.2. The molecule has 228 valence electrons. The minimum Gasteiger partial charge on any atom is -0.460 e. The average molecular weight is 615 g/mol. The summed E-state index contributed by atoms with van der Waals surface area (Å²) in [5.74, 6) is -0.711. The lowest BCUT2D eigenvalue weighted by Gasteiger charge is -2.27. The van der Waals surface area contributed by atoms with E-state index in [1.807, 2.05) is 18.2 Å². The Bertz CT molecular complexity index is 1680. The number of aliphatic hydroxyl groups excluding tert-OH is 1. The van der Waals surface area contributed by atoms with Crippen LogP contribution in [0.2, 0.25) is 0 Å². The van der Waals surface area contributed by atoms with Gasteiger partial charge in [0.25, 0.3) is 5.56 Å². The molecule has 1 aliphatic heterocycles. The number of rotatable bonds is 11. The van der Waals surface area contributed by atoms with E-state index in [4.69, 9.17) is 24.3 Å². The highest BCUT2D eigenvalue weighted by Crippen LogP contribution is 2.47. The number of para-hydroxylation sites is 1. The molecule has 2 aromatic carbocycles. The van der Waals surface area contributed by atoms with E-state index in [2.05, 4.69) is 20.0 Å². The molecule has 0 spiro atoms. The SMILES string of the molecule is C[C@H](NP(=O)(OC[C@H]1O[C@@H](n2cnc3c(=O)[nH]c(N)nc32)C(C)(O)C1O)Oc1ccccc1)C(=O)OCc1ccccc1. The number of hydrogen-bond donors (Lipinski definition) is 5. The Balaban J connectivity index is 1.32. The topological polar surface area (TPSA) is 213 Å². The van der Waals surface area contributed by atoms with Gasteiger partial charge >= 0.3 is 13.7 Å². The molecule has 1 aliphatic rings. The van der Waals surface area contributed by atoms with Gasteiger partial charge in [0.15, 0.2) is 17.4 Å². The fourth-order valence-corrected chi connectivity index (χ4v) is 6.02. The summed E-state index contributed by atoms with van der Waals surface area (Å²) in [7, 11) is -4.32. The number of hydrogen-bond acceptors (Lipinski definition) is 12. The molecular weight excluding hydrogens is 583 g/mol. The lowest BCUT2D eigenvalue weighted by atomic mass is 9.96. The summed E-state index contributed by atoms with van der Waals surface area (Å²) in [4.78, 5) is 35.3. The lowest BCUT2D eigenvalue weighted by molar-refractivity contribution is -0.146. The first-order chi connectivity index (χ1) is 20.5. The van der Waals surface area contributed by atoms with E-state index >= 15 is 0 Å². The van der Waals surface area contributed by atoms with Crippen LogP contribution in [0.25, 0.3) is 11.2 Å². The highest BCUT2D eigenvalue weighted by Gasteiger charge is 2.54. The first-order valence-electron chi connectivity index (χ1n) is 13.2. The second-order valence-electron chi connectivity index (χ2n) is 10.1. The normalized spacial score (nSPS) is 24.0. The Kier molecular flexibility index (Phi) is 8.64. The number of aromatic nitrogens is 4. The van der Waals surface area contributed by atoms with E-state index in [9.17, 15) is 24.4 Å². The van der Waals surface area contributed by atoms with Crippen molar-refractivity contribution in [1.82, 2.24) is 24.6 Å². The Labute approximate surface area is 245 Å². The number of ether oxygens (including phenoxy) is 2. The molecule has 0 radical (unpaired) electrons. The Morgan fingerprint density at radius 1 is 1.23 bits per heavy atom. The van der Waals surface area contributed by atoms with E-state index in [-0.39, 0.29) is 29.5 Å². The standard InChI is InChI=1S/C27H31N6O9P/c1-16(24(36)39-13-17-9-5-3-6-10-17)32-43(38,42-18-11-7-4-8-12-18)40-14-19-21(34)27(2,37)25(41-19)33-15-29-20-22(33)30-26(28)31-23(20)35/h3-12,15-16,19,21,25,34,37H,13-14H2,1-2H3,(H,32,38)(H3,28,30,31,35)/t16-,19+,21?,25+,27?,43?/m0/s1. The molecule has 0 bridgehead atoms. The van der Waals surface area contributed by atoms with Crippen molar-refractivity contribution in [3.63, 3.8) is 0 Å². The minimum absolute atomic E-state index is 0.00425. The van der Waals surface area contributed by atoms with Gasteiger partial charge in [-0.05, 0) is 31.5 Å². The van der Waals surface area contributed by atoms with Crippen LogP contribution in [0.5, 0.6) is 5.75 Å². The lowest BCUT2D eigenvalue weighted by Crippen LogP contribution is -2.44. The van der Waals surface area contributed by atoms with Crippen LogP contribution in [0.3, 0.4) is 0 Å². The third kappa shape index (κ3) is 6.62. The highest BCUT2D eigenvalue weighted by molar-refractivity contribution is 7.52. The fourth-order valence-electron chi connectivity index (χ4n) is 4.52. The molecule has 16 heteroatoms. The smallest absolute Gasteiger partial charge is 0.459 e. The number of carbonyl (C=O) groups excluding carboxylic acids is 1. The van der Waals surface area contributed by atoms with Gasteiger partial charge in [-0.25, -0.2) is 9.55 Å². The van der Waals surface area contributed by atoms with Crippen LogP contribution in [-0.4, -0.2) is 66.2 Å². The Hall–Kier alpha value is -4.11. The van der Waals surface area contributed by atoms with Crippen molar-refractivity contribution in [3.05, 3.63) is 82.9 Å². The van der Waals surface area contributed by atoms with E-state index in [1.165, 1.54) is 24.7 Å².